The summed E-state index contributed by atoms with van der Waals surface area (Å²) in [5.41, 5.74) is 1.77. The molecule has 0 bridgehead atoms. The summed E-state index contributed by atoms with van der Waals surface area (Å²) in [5, 5.41) is 7.68. The maximum Gasteiger partial charge on any atom is 0.229 e. The molecular weight excluding hydrogens is 331 g/mol. The van der Waals surface area contributed by atoms with E-state index in [1.165, 1.54) is 0 Å². The number of aromatic nitrogens is 2. The number of anilines is 3. The average molecular weight is 345 g/mol. The van der Waals surface area contributed by atoms with E-state index in [0.717, 1.165) is 16.3 Å². The topological polar surface area (TPSA) is 49.8 Å². The zero-order chi connectivity index (χ0) is 16.1. The number of para-hydroxylation sites is 1. The molecular formula is C17H14Cl2N4. The molecule has 0 fully saturated rings. The normalized spacial score (nSPS) is 10.3. The quantitative estimate of drug-likeness (QED) is 0.672. The van der Waals surface area contributed by atoms with Gasteiger partial charge in [-0.1, -0.05) is 53.5 Å². The molecule has 1 heterocycles. The van der Waals surface area contributed by atoms with Gasteiger partial charge in [0.15, 0.2) is 0 Å². The molecule has 116 valence electrons. The van der Waals surface area contributed by atoms with Crippen molar-refractivity contribution in [3.05, 3.63) is 76.4 Å². The molecule has 0 aliphatic carbocycles. The van der Waals surface area contributed by atoms with Gasteiger partial charge in [0.05, 0.1) is 10.7 Å². The number of hydrogen-bond donors (Lipinski definition) is 2. The minimum Gasteiger partial charge on any atom is -0.366 e. The fraction of sp³-hybridized carbons (Fsp3) is 0.0588. The summed E-state index contributed by atoms with van der Waals surface area (Å²) in [6.45, 7) is 0.586. The van der Waals surface area contributed by atoms with Gasteiger partial charge in [-0.05, 0) is 29.8 Å². The molecule has 0 radical (unpaired) electrons. The van der Waals surface area contributed by atoms with Gasteiger partial charge in [0.1, 0.15) is 5.82 Å². The maximum absolute atomic E-state index is 6.15. The number of nitrogens with one attached hydrogen (secondary N) is 2. The Labute approximate surface area is 144 Å². The Bertz CT molecular complexity index is 808. The van der Waals surface area contributed by atoms with Crippen LogP contribution >= 0.6 is 23.2 Å². The van der Waals surface area contributed by atoms with Crippen molar-refractivity contribution < 1.29 is 0 Å². The molecule has 0 unspecified atom stereocenters. The Morgan fingerprint density at radius 1 is 0.870 bits per heavy atom. The van der Waals surface area contributed by atoms with E-state index in [1.54, 1.807) is 12.3 Å². The van der Waals surface area contributed by atoms with Gasteiger partial charge >= 0.3 is 0 Å². The van der Waals surface area contributed by atoms with Gasteiger partial charge in [-0.2, -0.15) is 4.98 Å². The Morgan fingerprint density at radius 2 is 1.61 bits per heavy atom. The van der Waals surface area contributed by atoms with E-state index in [-0.39, 0.29) is 0 Å². The fourth-order valence-corrected chi connectivity index (χ4v) is 2.41. The predicted molar refractivity (Wildman–Crippen MR) is 95.5 cm³/mol. The lowest BCUT2D eigenvalue weighted by Crippen LogP contribution is -2.04. The zero-order valence-electron chi connectivity index (χ0n) is 12.1. The summed E-state index contributed by atoms with van der Waals surface area (Å²) in [6.07, 6.45) is 1.68. The monoisotopic (exact) mass is 344 g/mol. The van der Waals surface area contributed by atoms with Gasteiger partial charge in [-0.3, -0.25) is 0 Å². The smallest absolute Gasteiger partial charge is 0.229 e. The fourth-order valence-electron chi connectivity index (χ4n) is 2.03. The van der Waals surface area contributed by atoms with Crippen LogP contribution in [0.25, 0.3) is 0 Å². The summed E-state index contributed by atoms with van der Waals surface area (Å²) in [5.74, 6) is 1.18. The first-order valence-electron chi connectivity index (χ1n) is 7.04. The molecule has 4 nitrogen and oxygen atoms in total. The molecule has 0 atom stereocenters. The standard InChI is InChI=1S/C17H14Cl2N4/c18-13-6-2-1-5-12(13)11-21-16-9-10-20-17(23-16)22-15-8-4-3-7-14(15)19/h1-10H,11H2,(H2,20,21,22,23). The van der Waals surface area contributed by atoms with Gasteiger partial charge in [0.25, 0.3) is 0 Å². The minimum absolute atomic E-state index is 0.474. The predicted octanol–water partition coefficient (Wildman–Crippen LogP) is 5.14. The van der Waals surface area contributed by atoms with Crippen LogP contribution in [0.1, 0.15) is 5.56 Å². The average Bonchev–Trinajstić information content (AvgIpc) is 2.57. The van der Waals surface area contributed by atoms with E-state index in [4.69, 9.17) is 23.2 Å². The van der Waals surface area contributed by atoms with E-state index in [2.05, 4.69) is 20.6 Å². The largest absolute Gasteiger partial charge is 0.366 e. The van der Waals surface area contributed by atoms with Crippen LogP contribution in [0.2, 0.25) is 10.0 Å². The van der Waals surface area contributed by atoms with Gasteiger partial charge in [0.2, 0.25) is 5.95 Å². The lowest BCUT2D eigenvalue weighted by Gasteiger charge is -2.10. The van der Waals surface area contributed by atoms with Crippen molar-refractivity contribution >= 4 is 40.7 Å². The second kappa shape index (κ2) is 7.31. The SMILES string of the molecule is Clc1ccccc1CNc1ccnc(Nc2ccccc2Cl)n1. The molecule has 0 amide bonds. The van der Waals surface area contributed by atoms with Crippen molar-refractivity contribution in [2.75, 3.05) is 10.6 Å². The summed E-state index contributed by atoms with van der Waals surface area (Å²) >= 11 is 12.3. The number of hydrogen-bond acceptors (Lipinski definition) is 4. The van der Waals surface area contributed by atoms with E-state index >= 15 is 0 Å². The summed E-state index contributed by atoms with van der Waals surface area (Å²) < 4.78 is 0. The van der Waals surface area contributed by atoms with Gasteiger partial charge in [-0.25, -0.2) is 4.98 Å². The number of nitrogens with zero attached hydrogens (tertiary/aromatic N) is 2. The highest BCUT2D eigenvalue weighted by molar-refractivity contribution is 6.33. The molecule has 0 saturated carbocycles. The van der Waals surface area contributed by atoms with Crippen LogP contribution < -0.4 is 10.6 Å². The summed E-state index contributed by atoms with van der Waals surface area (Å²) in [4.78, 5) is 8.62. The summed E-state index contributed by atoms with van der Waals surface area (Å²) in [7, 11) is 0. The molecule has 3 rings (SSSR count). The molecule has 1 aromatic heterocycles. The van der Waals surface area contributed by atoms with Crippen LogP contribution in [-0.4, -0.2) is 9.97 Å². The molecule has 23 heavy (non-hydrogen) atoms. The molecule has 2 aromatic carbocycles. The Kier molecular flexibility index (Phi) is 4.95. The molecule has 0 saturated heterocycles. The number of benzene rings is 2. The Balaban J connectivity index is 1.70. The van der Waals surface area contributed by atoms with Crippen LogP contribution in [0, 0.1) is 0 Å². The highest BCUT2D eigenvalue weighted by Gasteiger charge is 2.04. The maximum atomic E-state index is 6.15. The van der Waals surface area contributed by atoms with Crippen LogP contribution in [0.15, 0.2) is 60.8 Å². The first kappa shape index (κ1) is 15.6. The number of rotatable bonds is 5. The Morgan fingerprint density at radius 3 is 2.39 bits per heavy atom. The first-order chi connectivity index (χ1) is 11.2. The van der Waals surface area contributed by atoms with Crippen molar-refractivity contribution in [3.63, 3.8) is 0 Å². The minimum atomic E-state index is 0.474. The van der Waals surface area contributed by atoms with Gasteiger partial charge < -0.3 is 10.6 Å². The zero-order valence-corrected chi connectivity index (χ0v) is 13.6. The van der Waals surface area contributed by atoms with E-state index < -0.39 is 0 Å². The van der Waals surface area contributed by atoms with E-state index in [9.17, 15) is 0 Å². The molecule has 2 N–H and O–H groups in total. The van der Waals surface area contributed by atoms with Crippen molar-refractivity contribution in [2.24, 2.45) is 0 Å². The molecule has 6 heteroatoms. The molecule has 0 spiro atoms. The van der Waals surface area contributed by atoms with Crippen LogP contribution in [0.4, 0.5) is 17.5 Å². The summed E-state index contributed by atoms with van der Waals surface area (Å²) in [6, 6.07) is 16.9. The number of halogens is 2. The highest BCUT2D eigenvalue weighted by atomic mass is 35.5. The molecule has 0 aliphatic heterocycles. The van der Waals surface area contributed by atoms with Crippen molar-refractivity contribution in [1.29, 1.82) is 0 Å². The lowest BCUT2D eigenvalue weighted by atomic mass is 10.2. The van der Waals surface area contributed by atoms with Gasteiger partial charge in [-0.15, -0.1) is 0 Å². The van der Waals surface area contributed by atoms with Crippen molar-refractivity contribution in [2.45, 2.75) is 6.54 Å². The second-order valence-corrected chi connectivity index (χ2v) is 5.63. The first-order valence-corrected chi connectivity index (χ1v) is 7.80. The van der Waals surface area contributed by atoms with Crippen LogP contribution in [0.5, 0.6) is 0 Å². The lowest BCUT2D eigenvalue weighted by molar-refractivity contribution is 1.08. The van der Waals surface area contributed by atoms with Gasteiger partial charge in [0, 0.05) is 17.8 Å². The Hall–Kier alpha value is -2.30. The van der Waals surface area contributed by atoms with Crippen molar-refractivity contribution in [3.8, 4) is 0 Å². The highest BCUT2D eigenvalue weighted by Crippen LogP contribution is 2.23. The third-order valence-corrected chi connectivity index (χ3v) is 3.89. The second-order valence-electron chi connectivity index (χ2n) is 4.82. The van der Waals surface area contributed by atoms with E-state index in [0.29, 0.717) is 23.3 Å². The third-order valence-electron chi connectivity index (χ3n) is 3.19. The third kappa shape index (κ3) is 4.12. The van der Waals surface area contributed by atoms with Crippen LogP contribution in [0.3, 0.4) is 0 Å². The van der Waals surface area contributed by atoms with E-state index in [1.807, 2.05) is 48.5 Å². The molecule has 0 aliphatic rings. The van der Waals surface area contributed by atoms with Crippen LogP contribution in [-0.2, 0) is 6.54 Å². The van der Waals surface area contributed by atoms with Crippen molar-refractivity contribution in [1.82, 2.24) is 9.97 Å². The molecule has 3 aromatic rings.